The Morgan fingerprint density at radius 1 is 1.03 bits per heavy atom. The highest BCUT2D eigenvalue weighted by molar-refractivity contribution is 6.02. The number of benzene rings is 2. The van der Waals surface area contributed by atoms with Crippen molar-refractivity contribution in [2.24, 2.45) is 0 Å². The molecule has 0 fully saturated rings. The molecule has 0 spiro atoms. The largest absolute Gasteiger partial charge is 0.453 e. The molecule has 170 valence electrons. The van der Waals surface area contributed by atoms with Gasteiger partial charge in [0.05, 0.1) is 0 Å². The first kappa shape index (κ1) is 23.7. The molecule has 6 nitrogen and oxygen atoms in total. The summed E-state index contributed by atoms with van der Waals surface area (Å²) in [5.41, 5.74) is 3.48. The van der Waals surface area contributed by atoms with Gasteiger partial charge in [0.15, 0.2) is 6.61 Å². The van der Waals surface area contributed by atoms with Crippen LogP contribution in [0.25, 0.3) is 11.8 Å². The third kappa shape index (κ3) is 5.63. The quantitative estimate of drug-likeness (QED) is 0.329. The van der Waals surface area contributed by atoms with Crippen molar-refractivity contribution in [3.05, 3.63) is 94.2 Å². The van der Waals surface area contributed by atoms with Gasteiger partial charge in [0, 0.05) is 29.6 Å². The second kappa shape index (κ2) is 10.1. The summed E-state index contributed by atoms with van der Waals surface area (Å²) in [6.07, 6.45) is 1.48. The van der Waals surface area contributed by atoms with Crippen LogP contribution in [0.15, 0.2) is 60.3 Å². The molecule has 7 heteroatoms. The van der Waals surface area contributed by atoms with E-state index < -0.39 is 24.3 Å². The summed E-state index contributed by atoms with van der Waals surface area (Å²) in [6, 6.07) is 15.5. The first-order valence-corrected chi connectivity index (χ1v) is 10.4. The van der Waals surface area contributed by atoms with Crippen LogP contribution in [0.2, 0.25) is 0 Å². The number of halogens is 1. The molecule has 1 heterocycles. The zero-order valence-electron chi connectivity index (χ0n) is 18.9. The molecule has 3 aromatic rings. The average Bonchev–Trinajstić information content (AvgIpc) is 3.07. The Morgan fingerprint density at radius 2 is 1.73 bits per heavy atom. The maximum absolute atomic E-state index is 14.1. The van der Waals surface area contributed by atoms with Gasteiger partial charge in [0.1, 0.15) is 11.5 Å². The molecule has 0 atom stereocenters. The van der Waals surface area contributed by atoms with Gasteiger partial charge in [-0.2, -0.15) is 0 Å². The van der Waals surface area contributed by atoms with Crippen LogP contribution in [0.4, 0.5) is 4.39 Å². The Kier molecular flexibility index (Phi) is 7.23. The number of rotatable bonds is 7. The number of hydrogen-bond donors (Lipinski definition) is 1. The Balaban J connectivity index is 1.78. The summed E-state index contributed by atoms with van der Waals surface area (Å²) in [6.45, 7) is 6.01. The molecule has 3 rings (SSSR count). The summed E-state index contributed by atoms with van der Waals surface area (Å²) >= 11 is 0. The number of carbonyl (C=O) groups is 3. The number of ketones is 1. The van der Waals surface area contributed by atoms with Crippen LogP contribution in [0.5, 0.6) is 0 Å². The highest BCUT2D eigenvalue weighted by atomic mass is 19.1. The molecule has 0 radical (unpaired) electrons. The summed E-state index contributed by atoms with van der Waals surface area (Å²) in [7, 11) is 0. The van der Waals surface area contributed by atoms with Gasteiger partial charge in [-0.05, 0) is 56.2 Å². The van der Waals surface area contributed by atoms with E-state index >= 15 is 0 Å². The Labute approximate surface area is 191 Å². The molecule has 1 aromatic heterocycles. The number of amides is 1. The van der Waals surface area contributed by atoms with Gasteiger partial charge < -0.3 is 14.6 Å². The van der Waals surface area contributed by atoms with Crippen molar-refractivity contribution in [1.29, 1.82) is 0 Å². The Morgan fingerprint density at radius 3 is 2.36 bits per heavy atom. The molecule has 0 aliphatic carbocycles. The monoisotopic (exact) mass is 448 g/mol. The maximum Gasteiger partial charge on any atom is 0.355 e. The lowest BCUT2D eigenvalue weighted by Gasteiger charge is -2.11. The molecule has 2 aromatic carbocycles. The molecule has 0 aliphatic rings. The van der Waals surface area contributed by atoms with Crippen molar-refractivity contribution in [2.45, 2.75) is 27.7 Å². The predicted octanol–water partition coefficient (Wildman–Crippen LogP) is 4.44. The first-order chi connectivity index (χ1) is 15.7. The number of carbonyl (C=O) groups excluding carboxylic acids is 3. The molecule has 1 amide bonds. The molecule has 0 aliphatic heterocycles. The molecule has 1 N–H and O–H groups in total. The number of nitrogens with zero attached hydrogens (tertiary/aromatic N) is 1. The fourth-order valence-corrected chi connectivity index (χ4v) is 3.50. The van der Waals surface area contributed by atoms with Crippen molar-refractivity contribution in [1.82, 2.24) is 9.88 Å². The lowest BCUT2D eigenvalue weighted by molar-refractivity contribution is -0.139. The van der Waals surface area contributed by atoms with Crippen molar-refractivity contribution in [2.75, 3.05) is 6.61 Å². The fraction of sp³-hybridized carbons (Fsp3) is 0.192. The third-order valence-corrected chi connectivity index (χ3v) is 5.12. The van der Waals surface area contributed by atoms with E-state index in [1.54, 1.807) is 60.9 Å². The third-order valence-electron chi connectivity index (χ3n) is 5.12. The minimum atomic E-state index is -0.822. The van der Waals surface area contributed by atoms with Crippen LogP contribution < -0.4 is 5.32 Å². The number of Topliss-reactive ketones (excluding diaryl/α,β-unsaturated/α-hetero) is 1. The van der Waals surface area contributed by atoms with E-state index in [2.05, 4.69) is 5.32 Å². The van der Waals surface area contributed by atoms with Crippen molar-refractivity contribution in [3.63, 3.8) is 0 Å². The van der Waals surface area contributed by atoms with Gasteiger partial charge in [-0.3, -0.25) is 9.59 Å². The van der Waals surface area contributed by atoms with Crippen molar-refractivity contribution < 1.29 is 23.5 Å². The molecular weight excluding hydrogens is 423 g/mol. The summed E-state index contributed by atoms with van der Waals surface area (Å²) in [5.74, 6) is -2.00. The lowest BCUT2D eigenvalue weighted by Crippen LogP contribution is -2.27. The topological polar surface area (TPSA) is 77.4 Å². The minimum Gasteiger partial charge on any atom is -0.453 e. The van der Waals surface area contributed by atoms with Crippen LogP contribution in [0.3, 0.4) is 0 Å². The Bertz CT molecular complexity index is 1240. The minimum absolute atomic E-state index is 0.0675. The number of hydrogen-bond acceptors (Lipinski definition) is 4. The average molecular weight is 448 g/mol. The van der Waals surface area contributed by atoms with Crippen LogP contribution >= 0.6 is 0 Å². The fourth-order valence-electron chi connectivity index (χ4n) is 3.50. The lowest BCUT2D eigenvalue weighted by atomic mass is 10.1. The number of aryl methyl sites for hydroxylation is 2. The van der Waals surface area contributed by atoms with Crippen LogP contribution in [-0.4, -0.2) is 28.8 Å². The van der Waals surface area contributed by atoms with Gasteiger partial charge in [-0.15, -0.1) is 0 Å². The van der Waals surface area contributed by atoms with Crippen molar-refractivity contribution in [3.8, 4) is 5.69 Å². The second-order valence-corrected chi connectivity index (χ2v) is 7.70. The van der Waals surface area contributed by atoms with Gasteiger partial charge in [0.25, 0.3) is 0 Å². The predicted molar refractivity (Wildman–Crippen MR) is 123 cm³/mol. The zero-order chi connectivity index (χ0) is 24.1. The van der Waals surface area contributed by atoms with E-state index in [9.17, 15) is 18.8 Å². The van der Waals surface area contributed by atoms with Gasteiger partial charge in [-0.1, -0.05) is 36.4 Å². The molecule has 0 unspecified atom stereocenters. The van der Waals surface area contributed by atoms with Crippen LogP contribution in [-0.2, 0) is 14.3 Å². The van der Waals surface area contributed by atoms with Gasteiger partial charge >= 0.3 is 5.97 Å². The SMILES string of the molecule is CC(=O)NC(=Cc1ccccc1)C(=O)OCC(=O)c1cc(C)n(-c2ccc(C)c(F)c2)c1C. The first-order valence-electron chi connectivity index (χ1n) is 10.4. The normalized spacial score (nSPS) is 11.2. The van der Waals surface area contributed by atoms with Crippen molar-refractivity contribution >= 4 is 23.7 Å². The highest BCUT2D eigenvalue weighted by Crippen LogP contribution is 2.23. The van der Waals surface area contributed by atoms with E-state index in [-0.39, 0.29) is 11.5 Å². The number of esters is 1. The van der Waals surface area contributed by atoms with E-state index in [1.165, 1.54) is 19.1 Å². The number of ether oxygens (including phenoxy) is 1. The van der Waals surface area contributed by atoms with Crippen LogP contribution in [0, 0.1) is 26.6 Å². The zero-order valence-corrected chi connectivity index (χ0v) is 18.9. The van der Waals surface area contributed by atoms with E-state index in [4.69, 9.17) is 4.74 Å². The highest BCUT2D eigenvalue weighted by Gasteiger charge is 2.20. The smallest absolute Gasteiger partial charge is 0.355 e. The molecule has 0 saturated heterocycles. The molecule has 33 heavy (non-hydrogen) atoms. The van der Waals surface area contributed by atoms with Gasteiger partial charge in [-0.25, -0.2) is 9.18 Å². The summed E-state index contributed by atoms with van der Waals surface area (Å²) < 4.78 is 21.0. The van der Waals surface area contributed by atoms with Crippen LogP contribution in [0.1, 0.15) is 39.8 Å². The van der Waals surface area contributed by atoms with E-state index in [1.807, 2.05) is 13.0 Å². The summed E-state index contributed by atoms with van der Waals surface area (Å²) in [4.78, 5) is 36.9. The molecule has 0 saturated carbocycles. The molecule has 0 bridgehead atoms. The Hall–Kier alpha value is -4.00. The van der Waals surface area contributed by atoms with E-state index in [0.29, 0.717) is 28.1 Å². The maximum atomic E-state index is 14.1. The number of nitrogens with one attached hydrogen (secondary N) is 1. The second-order valence-electron chi connectivity index (χ2n) is 7.70. The number of aromatic nitrogens is 1. The standard InChI is InChI=1S/C26H25FN2O4/c1-16-10-11-21(14-23(16)27)29-17(2)12-22(18(29)3)25(31)15-33-26(32)24(28-19(4)30)13-20-8-6-5-7-9-20/h5-14H,15H2,1-4H3,(H,28,30). The van der Waals surface area contributed by atoms with Gasteiger partial charge in [0.2, 0.25) is 11.7 Å². The molecular formula is C26H25FN2O4. The summed E-state index contributed by atoms with van der Waals surface area (Å²) in [5, 5.41) is 2.44. The van der Waals surface area contributed by atoms with E-state index in [0.717, 1.165) is 5.69 Å².